The molecule has 41 nitrogen and oxygen atoms in total. The molecule has 0 fully saturated rings. The van der Waals surface area contributed by atoms with Crippen LogP contribution in [0, 0.1) is 23.7 Å². The minimum atomic E-state index is -1.85. The van der Waals surface area contributed by atoms with Gasteiger partial charge in [0.1, 0.15) is 60.9 Å². The Labute approximate surface area is 569 Å². The number of primary amides is 1. The molecule has 0 aliphatic carbocycles. The van der Waals surface area contributed by atoms with Crippen LogP contribution >= 0.6 is 0 Å². The standard InChI is InChI=1S/C58H97N17O24/c1-11-28(8)47(55(96)65-19-38(80)61-18-37(79)62-23-44(88)89)74-53(94)34(16-25(2)3)69-40(82)21-66-56(97)48(30(10)77)75-54(95)35(24-76)71-57(98)46(27(6)7)73-58(99)45(26(4)5)72-41(83)22-63-49(90)29(9)67-51(92)33(13-15-42(84)85)70-52(93)32(12-14-36(60)78)68-39(81)20-64-50(91)31(59)17-43(86)87/h25-35,45-48,76-77H,11-24,59H2,1-10H3,(H2,60,78)(H,61,80)(H,62,79)(H,63,90)(H,64,91)(H,65,96)(H,66,97)(H,67,92)(H,68,81)(H,69,82)(H,70,93)(H,71,98)(H,72,83)(H,73,99)(H,74,94)(H,75,95)(H,84,85)(H,86,87)(H,88,89)/t28-,29-,30+,31-,32-,33-,34-,35-,45-,46-,47-,48-/m0/s1. The lowest BCUT2D eigenvalue weighted by Crippen LogP contribution is -2.62. The average molecular weight is 1420 g/mol. The van der Waals surface area contributed by atoms with Crippen LogP contribution in [0.5, 0.6) is 0 Å². The number of aliphatic carboxylic acids is 3. The SMILES string of the molecule is CC[C@H](C)[C@H](NC(=O)[C@H](CC(C)C)NC(=O)CNC(=O)[C@@H](NC(=O)[C@H](CO)NC(=O)[C@@H](NC(=O)[C@@H](NC(=O)CNC(=O)[C@H](C)NC(=O)[C@H](CCC(=O)O)NC(=O)[C@H](CCC(N)=O)NC(=O)CNC(=O)[C@@H](N)CC(=O)O)C(C)C)C(C)C)[C@@H](C)O)C(=O)NCC(=O)NCC(=O)NCC(=O)O. The molecule has 0 radical (unpaired) electrons. The molecule has 0 spiro atoms. The summed E-state index contributed by atoms with van der Waals surface area (Å²) < 4.78 is 0. The summed E-state index contributed by atoms with van der Waals surface area (Å²) in [5.74, 6) is -22.2. The molecule has 41 heteroatoms. The van der Waals surface area contributed by atoms with Gasteiger partial charge in [0.25, 0.3) is 0 Å². The highest BCUT2D eigenvalue weighted by Crippen LogP contribution is 2.13. The van der Waals surface area contributed by atoms with Crippen molar-refractivity contribution in [1.29, 1.82) is 0 Å². The van der Waals surface area contributed by atoms with Gasteiger partial charge < -0.3 is 117 Å². The fourth-order valence-electron chi connectivity index (χ4n) is 8.48. The van der Waals surface area contributed by atoms with Crippen molar-refractivity contribution in [2.75, 3.05) is 45.9 Å². The Balaban J connectivity index is 5.94. The van der Waals surface area contributed by atoms with Crippen LogP contribution in [-0.4, -0.2) is 250 Å². The normalized spacial score (nSPS) is 14.6. The molecule has 12 atom stereocenters. The topological polar surface area (TPSA) is 658 Å². The van der Waals surface area contributed by atoms with Crippen LogP contribution in [0.4, 0.5) is 0 Å². The zero-order valence-electron chi connectivity index (χ0n) is 56.7. The smallest absolute Gasteiger partial charge is 0.322 e. The summed E-state index contributed by atoms with van der Waals surface area (Å²) in [6, 6.07) is -15.5. The van der Waals surface area contributed by atoms with Crippen LogP contribution < -0.4 is 91.2 Å². The number of carbonyl (C=O) groups is 19. The second kappa shape index (κ2) is 45.3. The van der Waals surface area contributed by atoms with Crippen LogP contribution in [-0.2, 0) is 91.1 Å². The second-order valence-corrected chi connectivity index (χ2v) is 24.0. The van der Waals surface area contributed by atoms with E-state index in [1.165, 1.54) is 27.7 Å². The van der Waals surface area contributed by atoms with E-state index in [1.54, 1.807) is 27.7 Å². The highest BCUT2D eigenvalue weighted by Gasteiger charge is 2.37. The molecule has 24 N–H and O–H groups in total. The van der Waals surface area contributed by atoms with Gasteiger partial charge in [0.15, 0.2) is 0 Å². The molecule has 558 valence electrons. The third-order valence-corrected chi connectivity index (χ3v) is 14.2. The van der Waals surface area contributed by atoms with Gasteiger partial charge in [-0.15, -0.1) is 0 Å². The summed E-state index contributed by atoms with van der Waals surface area (Å²) in [4.78, 5) is 241. The van der Waals surface area contributed by atoms with Crippen LogP contribution in [0.25, 0.3) is 0 Å². The van der Waals surface area contributed by atoms with Gasteiger partial charge >= 0.3 is 17.9 Å². The van der Waals surface area contributed by atoms with E-state index in [-0.39, 0.29) is 12.3 Å². The van der Waals surface area contributed by atoms with Gasteiger partial charge in [0.2, 0.25) is 94.5 Å². The Bertz CT molecular complexity index is 2890. The number of nitrogens with two attached hydrogens (primary N) is 2. The summed E-state index contributed by atoms with van der Waals surface area (Å²) in [7, 11) is 0. The van der Waals surface area contributed by atoms with Gasteiger partial charge in [-0.05, 0) is 56.8 Å². The zero-order valence-corrected chi connectivity index (χ0v) is 56.7. The van der Waals surface area contributed by atoms with Gasteiger partial charge in [0.05, 0.1) is 57.9 Å². The molecule has 0 unspecified atom stereocenters. The lowest BCUT2D eigenvalue weighted by molar-refractivity contribution is -0.139. The number of hydrogen-bond acceptors (Lipinski definition) is 22. The van der Waals surface area contributed by atoms with Gasteiger partial charge in [-0.3, -0.25) is 91.1 Å². The van der Waals surface area contributed by atoms with Crippen LogP contribution in [0.2, 0.25) is 0 Å². The van der Waals surface area contributed by atoms with Gasteiger partial charge in [-0.2, -0.15) is 0 Å². The van der Waals surface area contributed by atoms with E-state index in [0.29, 0.717) is 6.42 Å². The number of hydrogen-bond donors (Lipinski definition) is 22. The van der Waals surface area contributed by atoms with Crippen molar-refractivity contribution in [3.8, 4) is 0 Å². The van der Waals surface area contributed by atoms with E-state index in [0.717, 1.165) is 13.8 Å². The average Bonchev–Trinajstić information content (AvgIpc) is 0.867. The van der Waals surface area contributed by atoms with Crippen molar-refractivity contribution in [2.45, 2.75) is 181 Å². The maximum atomic E-state index is 13.8. The van der Waals surface area contributed by atoms with Gasteiger partial charge in [-0.25, -0.2) is 0 Å². The quantitative estimate of drug-likeness (QED) is 0.0269. The number of carboxylic acids is 3. The minimum Gasteiger partial charge on any atom is -0.481 e. The summed E-state index contributed by atoms with van der Waals surface area (Å²) in [6.07, 6.45) is -4.37. The molecular formula is C58H97N17O24. The predicted molar refractivity (Wildman–Crippen MR) is 342 cm³/mol. The number of nitrogens with one attached hydrogen (secondary N) is 15. The molecule has 0 saturated heterocycles. The largest absolute Gasteiger partial charge is 0.481 e. The Kier molecular flexibility index (Phi) is 40.7. The molecule has 0 bridgehead atoms. The lowest BCUT2D eigenvalue weighted by atomic mass is 9.96. The Hall–Kier alpha value is -10.2. The highest BCUT2D eigenvalue weighted by molar-refractivity contribution is 6.00. The fraction of sp³-hybridized carbons (Fsp3) is 0.672. The van der Waals surface area contributed by atoms with E-state index in [4.69, 9.17) is 21.7 Å². The van der Waals surface area contributed by atoms with Crippen LogP contribution in [0.1, 0.15) is 114 Å². The fourth-order valence-corrected chi connectivity index (χ4v) is 8.48. The Morgan fingerprint density at radius 1 is 0.374 bits per heavy atom. The van der Waals surface area contributed by atoms with Crippen molar-refractivity contribution in [2.24, 2.45) is 35.1 Å². The van der Waals surface area contributed by atoms with Crippen molar-refractivity contribution in [3.63, 3.8) is 0 Å². The first kappa shape index (κ1) is 88.8. The number of aliphatic hydroxyl groups excluding tert-OH is 2. The maximum absolute atomic E-state index is 13.8. The number of amides is 16. The summed E-state index contributed by atoms with van der Waals surface area (Å²) in [6.45, 7) is 9.48. The first-order valence-electron chi connectivity index (χ1n) is 31.4. The monoisotopic (exact) mass is 1420 g/mol. The van der Waals surface area contributed by atoms with E-state index in [9.17, 15) is 106 Å². The molecule has 0 aromatic heterocycles. The molecule has 0 saturated carbocycles. The summed E-state index contributed by atoms with van der Waals surface area (Å²) >= 11 is 0. The number of rotatable bonds is 47. The van der Waals surface area contributed by atoms with Crippen molar-refractivity contribution >= 4 is 112 Å². The van der Waals surface area contributed by atoms with E-state index in [2.05, 4.69) is 74.4 Å². The molecule has 0 aliphatic heterocycles. The first-order chi connectivity index (χ1) is 46.0. The van der Waals surface area contributed by atoms with Crippen LogP contribution in [0.15, 0.2) is 0 Å². The number of carbonyl (C=O) groups excluding carboxylic acids is 16. The third kappa shape index (κ3) is 36.1. The lowest BCUT2D eigenvalue weighted by Gasteiger charge is -2.29. The van der Waals surface area contributed by atoms with Gasteiger partial charge in [-0.1, -0.05) is 61.8 Å². The third-order valence-electron chi connectivity index (χ3n) is 14.2. The van der Waals surface area contributed by atoms with Gasteiger partial charge in [0, 0.05) is 12.8 Å². The van der Waals surface area contributed by atoms with E-state index in [1.807, 2.05) is 5.32 Å². The summed E-state index contributed by atoms with van der Waals surface area (Å²) in [5, 5.41) is 81.8. The molecule has 0 aliphatic rings. The highest BCUT2D eigenvalue weighted by atomic mass is 16.4. The first-order valence-corrected chi connectivity index (χ1v) is 31.4. The number of aliphatic hydroxyl groups is 2. The minimum absolute atomic E-state index is 0.0156. The van der Waals surface area contributed by atoms with Crippen molar-refractivity contribution < 1.29 is 117 Å². The predicted octanol–water partition coefficient (Wildman–Crippen LogP) is -10.1. The Morgan fingerprint density at radius 3 is 1.25 bits per heavy atom. The molecular weight excluding hydrogens is 1320 g/mol. The Morgan fingerprint density at radius 2 is 0.768 bits per heavy atom. The molecule has 0 heterocycles. The molecule has 99 heavy (non-hydrogen) atoms. The van der Waals surface area contributed by atoms with E-state index >= 15 is 0 Å². The van der Waals surface area contributed by atoms with E-state index < -0.39 is 275 Å². The van der Waals surface area contributed by atoms with Crippen LogP contribution in [0.3, 0.4) is 0 Å². The molecule has 16 amide bonds. The molecule has 0 aromatic carbocycles. The maximum Gasteiger partial charge on any atom is 0.322 e. The molecule has 0 rings (SSSR count). The van der Waals surface area contributed by atoms with Crippen molar-refractivity contribution in [3.05, 3.63) is 0 Å². The molecule has 0 aromatic rings. The second-order valence-electron chi connectivity index (χ2n) is 24.0. The van der Waals surface area contributed by atoms with Crippen molar-refractivity contribution in [1.82, 2.24) is 79.8 Å². The number of carboxylic acid groups (broad SMARTS) is 3. The summed E-state index contributed by atoms with van der Waals surface area (Å²) in [5.41, 5.74) is 10.7. The zero-order chi connectivity index (χ0) is 76.1.